The Morgan fingerprint density at radius 1 is 1.37 bits per heavy atom. The van der Waals surface area contributed by atoms with Crippen LogP contribution in [0.4, 0.5) is 5.95 Å². The van der Waals surface area contributed by atoms with Gasteiger partial charge in [0, 0.05) is 13.1 Å². The van der Waals surface area contributed by atoms with Crippen molar-refractivity contribution in [3.8, 4) is 0 Å². The van der Waals surface area contributed by atoms with E-state index in [0.717, 1.165) is 32.2 Å². The molecule has 0 unspecified atom stereocenters. The summed E-state index contributed by atoms with van der Waals surface area (Å²) >= 11 is 5.74. The Kier molecular flexibility index (Phi) is 4.59. The van der Waals surface area contributed by atoms with E-state index in [-0.39, 0.29) is 12.5 Å². The molecule has 1 aliphatic heterocycles. The Bertz CT molecular complexity index is 512. The molecular formula is C11H16ClN3O3S. The first-order valence-electron chi connectivity index (χ1n) is 6.01. The molecule has 0 aliphatic carbocycles. The molecule has 1 fully saturated rings. The molecule has 2 heterocycles. The second-order valence-electron chi connectivity index (χ2n) is 4.62. The minimum absolute atomic E-state index is 0.258. The number of anilines is 1. The van der Waals surface area contributed by atoms with Crippen LogP contribution >= 0.6 is 11.6 Å². The van der Waals surface area contributed by atoms with Gasteiger partial charge >= 0.3 is 0 Å². The average molecular weight is 306 g/mol. The minimum atomic E-state index is -3.35. The lowest BCUT2D eigenvalue weighted by molar-refractivity contribution is 0.229. The van der Waals surface area contributed by atoms with Gasteiger partial charge in [-0.1, -0.05) is 11.6 Å². The highest BCUT2D eigenvalue weighted by atomic mass is 35.5. The molecule has 1 aliphatic rings. The molecule has 1 aromatic rings. The molecule has 8 heteroatoms. The number of aromatic nitrogens is 2. The SMILES string of the molecule is CS(=O)(=O)OCC1CCN(c2ncc(Cl)cn2)CC1. The minimum Gasteiger partial charge on any atom is -0.341 e. The zero-order valence-electron chi connectivity index (χ0n) is 10.6. The maximum Gasteiger partial charge on any atom is 0.264 e. The topological polar surface area (TPSA) is 72.4 Å². The molecule has 0 spiro atoms. The molecule has 0 radical (unpaired) electrons. The van der Waals surface area contributed by atoms with Crippen molar-refractivity contribution in [3.63, 3.8) is 0 Å². The lowest BCUT2D eigenvalue weighted by Gasteiger charge is -2.31. The summed E-state index contributed by atoms with van der Waals surface area (Å²) in [6.45, 7) is 1.84. The zero-order chi connectivity index (χ0) is 13.9. The smallest absolute Gasteiger partial charge is 0.264 e. The first-order valence-corrected chi connectivity index (χ1v) is 8.20. The monoisotopic (exact) mass is 305 g/mol. The van der Waals surface area contributed by atoms with Gasteiger partial charge in [-0.15, -0.1) is 0 Å². The average Bonchev–Trinajstić information content (AvgIpc) is 2.37. The van der Waals surface area contributed by atoms with Crippen LogP contribution in [0.2, 0.25) is 5.02 Å². The number of halogens is 1. The van der Waals surface area contributed by atoms with E-state index in [1.54, 1.807) is 12.4 Å². The van der Waals surface area contributed by atoms with Crippen LogP contribution in [0.25, 0.3) is 0 Å². The fraction of sp³-hybridized carbons (Fsp3) is 0.636. The summed E-state index contributed by atoms with van der Waals surface area (Å²) in [5.41, 5.74) is 0. The summed E-state index contributed by atoms with van der Waals surface area (Å²) in [5.74, 6) is 0.921. The van der Waals surface area contributed by atoms with Gasteiger partial charge in [0.15, 0.2) is 0 Å². The van der Waals surface area contributed by atoms with Crippen molar-refractivity contribution in [2.75, 3.05) is 30.9 Å². The van der Waals surface area contributed by atoms with Crippen LogP contribution in [0.5, 0.6) is 0 Å². The van der Waals surface area contributed by atoms with Gasteiger partial charge in [0.05, 0.1) is 30.3 Å². The molecule has 6 nitrogen and oxygen atoms in total. The van der Waals surface area contributed by atoms with Crippen LogP contribution in [-0.4, -0.2) is 44.3 Å². The predicted octanol–water partition coefficient (Wildman–Crippen LogP) is 1.32. The summed E-state index contributed by atoms with van der Waals surface area (Å²) in [6, 6.07) is 0. The van der Waals surface area contributed by atoms with Crippen molar-refractivity contribution in [3.05, 3.63) is 17.4 Å². The van der Waals surface area contributed by atoms with Crippen molar-refractivity contribution in [2.45, 2.75) is 12.8 Å². The Morgan fingerprint density at radius 2 is 1.95 bits per heavy atom. The molecule has 106 valence electrons. The fourth-order valence-corrected chi connectivity index (χ4v) is 2.53. The Balaban J connectivity index is 1.84. The Hall–Kier alpha value is -0.920. The maximum atomic E-state index is 10.9. The predicted molar refractivity (Wildman–Crippen MR) is 72.8 cm³/mol. The molecule has 0 N–H and O–H groups in total. The van der Waals surface area contributed by atoms with Crippen molar-refractivity contribution >= 4 is 27.7 Å². The van der Waals surface area contributed by atoms with Gasteiger partial charge in [-0.2, -0.15) is 8.42 Å². The largest absolute Gasteiger partial charge is 0.341 e. The molecule has 19 heavy (non-hydrogen) atoms. The molecule has 0 atom stereocenters. The van der Waals surface area contributed by atoms with E-state index in [0.29, 0.717) is 11.0 Å². The summed E-state index contributed by atoms with van der Waals surface area (Å²) in [4.78, 5) is 10.4. The van der Waals surface area contributed by atoms with E-state index < -0.39 is 10.1 Å². The lowest BCUT2D eigenvalue weighted by Crippen LogP contribution is -2.36. The van der Waals surface area contributed by atoms with Gasteiger partial charge in [-0.25, -0.2) is 9.97 Å². The first-order chi connectivity index (χ1) is 8.94. The van der Waals surface area contributed by atoms with Crippen LogP contribution < -0.4 is 4.90 Å². The summed E-state index contributed by atoms with van der Waals surface area (Å²) in [6.07, 6.45) is 5.94. The highest BCUT2D eigenvalue weighted by Gasteiger charge is 2.22. The molecule has 0 bridgehead atoms. The van der Waals surface area contributed by atoms with E-state index >= 15 is 0 Å². The zero-order valence-corrected chi connectivity index (χ0v) is 12.2. The molecular weight excluding hydrogens is 290 g/mol. The number of rotatable bonds is 4. The van der Waals surface area contributed by atoms with Gasteiger partial charge in [0.2, 0.25) is 5.95 Å². The summed E-state index contributed by atoms with van der Waals surface area (Å²) in [5, 5.41) is 0.514. The van der Waals surface area contributed by atoms with Crippen LogP contribution in [-0.2, 0) is 14.3 Å². The fourth-order valence-electron chi connectivity index (χ4n) is 1.99. The van der Waals surface area contributed by atoms with Crippen LogP contribution in [0.1, 0.15) is 12.8 Å². The molecule has 1 aromatic heterocycles. The molecule has 1 saturated heterocycles. The molecule has 0 saturated carbocycles. The quantitative estimate of drug-likeness (QED) is 0.781. The third-order valence-corrected chi connectivity index (χ3v) is 3.78. The lowest BCUT2D eigenvalue weighted by atomic mass is 9.98. The number of piperidine rings is 1. The van der Waals surface area contributed by atoms with Gasteiger partial charge in [-0.3, -0.25) is 4.18 Å². The van der Waals surface area contributed by atoms with Gasteiger partial charge < -0.3 is 4.90 Å². The third-order valence-electron chi connectivity index (χ3n) is 3.02. The highest BCUT2D eigenvalue weighted by molar-refractivity contribution is 7.85. The highest BCUT2D eigenvalue weighted by Crippen LogP contribution is 2.21. The first kappa shape index (κ1) is 14.5. The van der Waals surface area contributed by atoms with Crippen molar-refractivity contribution in [2.24, 2.45) is 5.92 Å². The van der Waals surface area contributed by atoms with Crippen LogP contribution in [0, 0.1) is 5.92 Å². The van der Waals surface area contributed by atoms with E-state index in [9.17, 15) is 8.42 Å². The van der Waals surface area contributed by atoms with E-state index in [4.69, 9.17) is 15.8 Å². The standard InChI is InChI=1S/C11H16ClN3O3S/c1-19(16,17)18-8-9-2-4-15(5-3-9)11-13-6-10(12)7-14-11/h6-7,9H,2-5,8H2,1H3. The van der Waals surface area contributed by atoms with Crippen molar-refractivity contribution < 1.29 is 12.6 Å². The molecule has 2 rings (SSSR count). The van der Waals surface area contributed by atoms with Gasteiger partial charge in [0.1, 0.15) is 0 Å². The summed E-state index contributed by atoms with van der Waals surface area (Å²) in [7, 11) is -3.35. The normalized spacial score (nSPS) is 17.7. The van der Waals surface area contributed by atoms with Gasteiger partial charge in [-0.05, 0) is 18.8 Å². The Labute approximate surface area is 117 Å². The van der Waals surface area contributed by atoms with Crippen LogP contribution in [0.3, 0.4) is 0 Å². The number of hydrogen-bond donors (Lipinski definition) is 0. The second-order valence-corrected chi connectivity index (χ2v) is 6.70. The second kappa shape index (κ2) is 6.02. The summed E-state index contributed by atoms with van der Waals surface area (Å²) < 4.78 is 26.7. The third kappa shape index (κ3) is 4.59. The Morgan fingerprint density at radius 3 is 2.47 bits per heavy atom. The van der Waals surface area contributed by atoms with Crippen molar-refractivity contribution in [1.29, 1.82) is 0 Å². The number of hydrogen-bond acceptors (Lipinski definition) is 6. The molecule has 0 aromatic carbocycles. The van der Waals surface area contributed by atoms with Crippen molar-refractivity contribution in [1.82, 2.24) is 9.97 Å². The molecule has 0 amide bonds. The van der Waals surface area contributed by atoms with E-state index in [1.807, 2.05) is 0 Å². The van der Waals surface area contributed by atoms with E-state index in [1.165, 1.54) is 0 Å². The maximum absolute atomic E-state index is 10.9. The van der Waals surface area contributed by atoms with E-state index in [2.05, 4.69) is 14.9 Å². The van der Waals surface area contributed by atoms with Crippen LogP contribution in [0.15, 0.2) is 12.4 Å². The number of nitrogens with zero attached hydrogens (tertiary/aromatic N) is 3. The van der Waals surface area contributed by atoms with Gasteiger partial charge in [0.25, 0.3) is 10.1 Å².